The molecule has 5 heterocycles. The molecule has 352 valence electrons. The van der Waals surface area contributed by atoms with Crippen LogP contribution in [0.2, 0.25) is 0 Å². The molecule has 5 rings (SSSR count). The molecule has 0 aromatic carbocycles. The minimum atomic E-state index is -3.13. The lowest BCUT2D eigenvalue weighted by Gasteiger charge is -2.47. The van der Waals surface area contributed by atoms with Crippen LogP contribution in [0.4, 0.5) is 13.1 Å². The molecule has 13 atom stereocenters. The summed E-state index contributed by atoms with van der Waals surface area (Å²) >= 11 is 1.73. The third-order valence-corrected chi connectivity index (χ3v) is 13.6. The molecule has 0 saturated carbocycles. The van der Waals surface area contributed by atoms with Crippen LogP contribution in [-0.4, -0.2) is 171 Å². The van der Waals surface area contributed by atoms with Gasteiger partial charge in [0.25, 0.3) is 5.67 Å². The Hall–Kier alpha value is -2.85. The lowest BCUT2D eigenvalue weighted by molar-refractivity contribution is -0.295. The van der Waals surface area contributed by atoms with Gasteiger partial charge >= 0.3 is 12.1 Å². The monoisotopic (exact) mass is 917 g/mol. The number of hydrogen-bond donors (Lipinski definition) is 1. The maximum atomic E-state index is 17.0. The highest BCUT2D eigenvalue weighted by molar-refractivity contribution is 7.93. The molecule has 3 saturated heterocycles. The number of aliphatic hydroxyl groups excluding tert-OH is 1. The highest BCUT2D eigenvalue weighted by Gasteiger charge is 2.61. The van der Waals surface area contributed by atoms with Crippen LogP contribution in [0.3, 0.4) is 0 Å². The van der Waals surface area contributed by atoms with E-state index in [1.807, 2.05) is 51.5 Å². The Morgan fingerprint density at radius 1 is 1.11 bits per heavy atom. The number of thiazole rings is 1. The number of nitrogens with zero attached hydrogens (tertiary/aromatic N) is 7. The fraction of sp³-hybridized carbons (Fsp3) is 0.810. The second-order valence-electron chi connectivity index (χ2n) is 17.8. The van der Waals surface area contributed by atoms with Crippen molar-refractivity contribution in [1.29, 1.82) is 0 Å². The van der Waals surface area contributed by atoms with Crippen molar-refractivity contribution in [2.75, 3.05) is 47.6 Å². The van der Waals surface area contributed by atoms with Crippen LogP contribution in [0.1, 0.15) is 87.5 Å². The first-order valence-corrected chi connectivity index (χ1v) is 23.4. The van der Waals surface area contributed by atoms with E-state index < -0.39 is 71.3 Å². The predicted octanol–water partition coefficient (Wildman–Crippen LogP) is 5.83. The number of alkyl halides is 1. The van der Waals surface area contributed by atoms with Gasteiger partial charge in [-0.1, -0.05) is 26.0 Å². The summed E-state index contributed by atoms with van der Waals surface area (Å²) in [5, 5.41) is 22.6. The number of carbonyl (C=O) groups is 3. The van der Waals surface area contributed by atoms with E-state index in [0.29, 0.717) is 51.0 Å². The van der Waals surface area contributed by atoms with Gasteiger partial charge in [-0.2, -0.15) is 3.89 Å². The smallest absolute Gasteiger partial charge is 0.410 e. The van der Waals surface area contributed by atoms with E-state index in [2.05, 4.69) is 27.1 Å². The number of esters is 1. The van der Waals surface area contributed by atoms with Crippen LogP contribution in [0.25, 0.3) is 10.7 Å². The van der Waals surface area contributed by atoms with E-state index in [-0.39, 0.29) is 42.7 Å². The van der Waals surface area contributed by atoms with Crippen LogP contribution >= 0.6 is 23.5 Å². The molecule has 2 aromatic heterocycles. The normalized spacial score (nSPS) is 36.6. The summed E-state index contributed by atoms with van der Waals surface area (Å²) in [6.07, 6.45) is 1.93. The van der Waals surface area contributed by atoms with Crippen LogP contribution in [-0.2, 0) is 39.8 Å². The number of fused-ring (bicyclic) bond motifs is 1. The molecule has 20 heteroatoms. The van der Waals surface area contributed by atoms with Crippen molar-refractivity contribution in [3.63, 3.8) is 0 Å². The number of likely N-dealkylation sites (N-methyl/N-ethyl adjacent to an activating group) is 2. The number of aliphatic hydroxyl groups is 1. The molecule has 62 heavy (non-hydrogen) atoms. The average Bonchev–Trinajstić information content (AvgIpc) is 3.97. The molecular formula is C42H69F2N7O9S2. The zero-order valence-electron chi connectivity index (χ0n) is 38.6. The molecule has 16 nitrogen and oxygen atoms in total. The van der Waals surface area contributed by atoms with Crippen molar-refractivity contribution in [2.45, 2.75) is 160 Å². The molecule has 3 fully saturated rings. The fourth-order valence-electron chi connectivity index (χ4n) is 9.44. The molecule has 0 aliphatic carbocycles. The van der Waals surface area contributed by atoms with Gasteiger partial charge in [-0.05, 0) is 93.8 Å². The van der Waals surface area contributed by atoms with Gasteiger partial charge in [-0.25, -0.2) is 19.0 Å². The highest BCUT2D eigenvalue weighted by Crippen LogP contribution is 2.42. The Morgan fingerprint density at radius 3 is 2.37 bits per heavy atom. The van der Waals surface area contributed by atoms with Gasteiger partial charge in [0.2, 0.25) is 0 Å². The number of methoxy groups -OCH3 is 1. The van der Waals surface area contributed by atoms with E-state index in [1.54, 1.807) is 36.5 Å². The predicted molar refractivity (Wildman–Crippen MR) is 233 cm³/mol. The van der Waals surface area contributed by atoms with Crippen LogP contribution in [0, 0.1) is 11.8 Å². The van der Waals surface area contributed by atoms with E-state index in [4.69, 9.17) is 23.7 Å². The second kappa shape index (κ2) is 21.9. The summed E-state index contributed by atoms with van der Waals surface area (Å²) in [6, 6.07) is -1.27. The van der Waals surface area contributed by atoms with Crippen molar-refractivity contribution in [3.8, 4) is 10.7 Å². The van der Waals surface area contributed by atoms with Crippen LogP contribution < -0.4 is 0 Å². The number of Topliss-reactive ketones (excluding diaryl/α,β-unsaturated/α-hetero) is 1. The van der Waals surface area contributed by atoms with Crippen LogP contribution in [0.15, 0.2) is 17.8 Å². The molecule has 3 aliphatic heterocycles. The first kappa shape index (κ1) is 51.8. The maximum absolute atomic E-state index is 17.0. The maximum Gasteiger partial charge on any atom is 0.410 e. The third kappa shape index (κ3) is 11.5. The Bertz CT molecular complexity index is 1760. The standard InChI is InChI=1S/C41H66FN7O9S.CH3FS/c1-13-30-41(8)32(49(38(53)58-41)18-15-14-17-48-23-28(44-45-48)35-43-16-19-59-35)27(5)47(11)22-24(2)21-39(6,54-12)34(26(4)33(51)40(7,42)37(52)56-30)57-36-31(50)29(46(9)10)20-25(3)55-36;1-3-2/h16,19,23-27,29-32,34,36,50H,13-15,17-18,20-22H2,1-12H3;1H3/t24-,25-,26-,27-,29?,30-,31?,32-,34-,36+,39-,40?,41-;/m1./s1. The summed E-state index contributed by atoms with van der Waals surface area (Å²) in [7, 11) is 7.19. The van der Waals surface area contributed by atoms with Crippen molar-refractivity contribution < 1.29 is 51.5 Å². The number of hydrogen-bond acceptors (Lipinski definition) is 16. The zero-order valence-corrected chi connectivity index (χ0v) is 40.2. The number of carbonyl (C=O) groups excluding carboxylic acids is 3. The quantitative estimate of drug-likeness (QED) is 0.162. The number of aryl methyl sites for hydroxylation is 1. The molecule has 0 radical (unpaired) electrons. The van der Waals surface area contributed by atoms with Crippen molar-refractivity contribution in [2.24, 2.45) is 11.8 Å². The number of rotatable bonds is 11. The van der Waals surface area contributed by atoms with Gasteiger partial charge in [-0.15, -0.1) is 16.4 Å². The molecule has 1 amide bonds. The topological polar surface area (TPSA) is 171 Å². The number of ether oxygens (including phenoxy) is 5. The lowest BCUT2D eigenvalue weighted by Crippen LogP contribution is -2.61. The second-order valence-corrected chi connectivity index (χ2v) is 19.1. The van der Waals surface area contributed by atoms with Gasteiger partial charge < -0.3 is 38.6 Å². The number of aromatic nitrogens is 4. The minimum Gasteiger partial charge on any atom is -0.455 e. The molecule has 3 unspecified atom stereocenters. The van der Waals surface area contributed by atoms with Crippen molar-refractivity contribution in [3.05, 3.63) is 17.8 Å². The minimum absolute atomic E-state index is 0.0946. The number of cyclic esters (lactones) is 1. The number of amides is 1. The lowest BCUT2D eigenvalue weighted by atomic mass is 9.77. The Balaban J connectivity index is 0.00000273. The third-order valence-electron chi connectivity index (χ3n) is 12.8. The number of halogens is 2. The SMILES string of the molecule is CC[C@H]1OC(=O)C(C)(F)C(=O)[C@@H](C)[C@@H](O[C@@H]2O[C@H](C)CC(N(C)C)C2O)[C@](C)(OC)C[C@@H](C)CN(C)[C@H](C)[C@H]2N(CCCCn3cc(-c4nccs4)nn3)C(=O)O[C@]12C.CSF. The van der Waals surface area contributed by atoms with Crippen molar-refractivity contribution >= 4 is 41.3 Å². The molecule has 2 aromatic rings. The van der Waals surface area contributed by atoms with Crippen molar-refractivity contribution in [1.82, 2.24) is 34.7 Å². The number of ketones is 1. The first-order chi connectivity index (χ1) is 29.1. The fourth-order valence-corrected chi connectivity index (χ4v) is 10.0. The van der Waals surface area contributed by atoms with Crippen LogP contribution in [0.5, 0.6) is 0 Å². The highest BCUT2D eigenvalue weighted by atomic mass is 32.2. The van der Waals surface area contributed by atoms with Gasteiger partial charge in [0.15, 0.2) is 17.7 Å². The van der Waals surface area contributed by atoms with E-state index in [1.165, 1.54) is 31.6 Å². The molecular weight excluding hydrogens is 849 g/mol. The summed E-state index contributed by atoms with van der Waals surface area (Å²) in [6.45, 7) is 15.1. The molecule has 0 bridgehead atoms. The molecule has 0 spiro atoms. The first-order valence-electron chi connectivity index (χ1n) is 21.4. The van der Waals surface area contributed by atoms with E-state index >= 15 is 4.39 Å². The average molecular weight is 918 g/mol. The molecule has 1 N–H and O–H groups in total. The van der Waals surface area contributed by atoms with Gasteiger partial charge in [-0.3, -0.25) is 14.4 Å². The largest absolute Gasteiger partial charge is 0.455 e. The zero-order chi connectivity index (χ0) is 46.3. The summed E-state index contributed by atoms with van der Waals surface area (Å²) in [5.74, 6) is -3.82. The Labute approximate surface area is 374 Å². The Kier molecular flexibility index (Phi) is 18.3. The van der Waals surface area contributed by atoms with Gasteiger partial charge in [0.1, 0.15) is 22.9 Å². The summed E-state index contributed by atoms with van der Waals surface area (Å²) in [5.41, 5.74) is -5.06. The number of unbranched alkanes of at least 4 members (excludes halogenated alkanes) is 1. The molecule has 3 aliphatic rings. The van der Waals surface area contributed by atoms with E-state index in [0.717, 1.165) is 11.9 Å². The Morgan fingerprint density at radius 2 is 1.77 bits per heavy atom. The van der Waals surface area contributed by atoms with E-state index in [9.17, 15) is 23.4 Å². The summed E-state index contributed by atoms with van der Waals surface area (Å²) < 4.78 is 60.0. The summed E-state index contributed by atoms with van der Waals surface area (Å²) in [4.78, 5) is 52.2. The van der Waals surface area contributed by atoms with Gasteiger partial charge in [0, 0.05) is 74.7 Å². The van der Waals surface area contributed by atoms with Gasteiger partial charge in [0.05, 0.1) is 30.0 Å².